The Morgan fingerprint density at radius 2 is 2.00 bits per heavy atom. The second kappa shape index (κ2) is 10.2. The molecule has 0 aliphatic heterocycles. The molecule has 38 heavy (non-hydrogen) atoms. The predicted octanol–water partition coefficient (Wildman–Crippen LogP) is 6.45. The minimum absolute atomic E-state index is 0.190. The molecule has 4 aromatic rings. The molecule has 0 spiro atoms. The van der Waals surface area contributed by atoms with E-state index < -0.39 is 12.2 Å². The number of carbonyl (C=O) groups excluding carboxylic acids is 1. The monoisotopic (exact) mass is 656 g/mol. The number of hydrogen-bond donors (Lipinski definition) is 1. The second-order valence-corrected chi connectivity index (χ2v) is 11.5. The minimum atomic E-state index is -2.69. The van der Waals surface area contributed by atoms with Crippen LogP contribution in [0.5, 0.6) is 0 Å². The summed E-state index contributed by atoms with van der Waals surface area (Å²) in [7, 11) is 1.35. The Morgan fingerprint density at radius 1 is 1.24 bits per heavy atom. The number of pyridine rings is 1. The molecule has 8 nitrogen and oxygen atoms in total. The van der Waals surface area contributed by atoms with E-state index in [2.05, 4.69) is 36.6 Å². The number of ether oxygens (including phenoxy) is 1. The quantitative estimate of drug-likeness (QED) is 0.181. The van der Waals surface area contributed by atoms with Crippen molar-refractivity contribution in [1.82, 2.24) is 23.6 Å². The second-order valence-electron chi connectivity index (χ2n) is 9.77. The number of esters is 1. The first kappa shape index (κ1) is 25.7. The highest BCUT2D eigenvalue weighted by Gasteiger charge is 2.48. The van der Waals surface area contributed by atoms with E-state index in [0.717, 1.165) is 31.9 Å². The largest absolute Gasteiger partial charge is 0.466 e. The van der Waals surface area contributed by atoms with Crippen molar-refractivity contribution in [1.29, 1.82) is 0 Å². The maximum Gasteiger partial charge on any atom is 0.311 e. The Kier molecular flexibility index (Phi) is 6.91. The summed E-state index contributed by atoms with van der Waals surface area (Å²) in [6.07, 6.45) is 5.34. The van der Waals surface area contributed by atoms with E-state index in [0.29, 0.717) is 34.5 Å². The van der Waals surface area contributed by atoms with Crippen LogP contribution in [0.2, 0.25) is 0 Å². The van der Waals surface area contributed by atoms with Crippen molar-refractivity contribution in [2.75, 3.05) is 11.9 Å². The minimum Gasteiger partial charge on any atom is -0.466 e. The van der Waals surface area contributed by atoms with Gasteiger partial charge in [0.1, 0.15) is 11.3 Å². The fourth-order valence-electron chi connectivity index (χ4n) is 6.04. The summed E-state index contributed by atoms with van der Waals surface area (Å²) in [5.74, 6) is -0.0882. The van der Waals surface area contributed by atoms with Gasteiger partial charge >= 0.3 is 5.97 Å². The zero-order valence-corrected chi connectivity index (χ0v) is 23.3. The fourth-order valence-corrected chi connectivity index (χ4v) is 7.29. The number of anilines is 1. The number of carbonyl (C=O) groups is 1. The highest BCUT2D eigenvalue weighted by atomic mass is 127. The van der Waals surface area contributed by atoms with Gasteiger partial charge < -0.3 is 10.1 Å². The first-order valence-electron chi connectivity index (χ1n) is 12.5. The van der Waals surface area contributed by atoms with Gasteiger partial charge in [0, 0.05) is 65.3 Å². The lowest BCUT2D eigenvalue weighted by Gasteiger charge is -2.47. The molecule has 3 fully saturated rings. The van der Waals surface area contributed by atoms with E-state index in [9.17, 15) is 18.0 Å². The number of aromatic nitrogens is 5. The van der Waals surface area contributed by atoms with Crippen LogP contribution in [0.25, 0.3) is 27.9 Å². The first-order chi connectivity index (χ1) is 18.4. The average molecular weight is 656 g/mol. The molecule has 0 radical (unpaired) electrons. The van der Waals surface area contributed by atoms with E-state index in [1.807, 2.05) is 0 Å². The van der Waals surface area contributed by atoms with Crippen molar-refractivity contribution in [2.24, 2.45) is 17.8 Å². The topological polar surface area (TPSA) is 86.3 Å². The summed E-state index contributed by atoms with van der Waals surface area (Å²) < 4.78 is 50.1. The molecular formula is C25H24F3IN6O2S. The van der Waals surface area contributed by atoms with Crippen molar-refractivity contribution in [2.45, 2.75) is 45.1 Å². The predicted molar refractivity (Wildman–Crippen MR) is 147 cm³/mol. The molecule has 3 aliphatic rings. The molecule has 2 atom stereocenters. The van der Waals surface area contributed by atoms with Crippen molar-refractivity contribution in [3.8, 4) is 11.4 Å². The van der Waals surface area contributed by atoms with E-state index in [1.54, 1.807) is 17.1 Å². The number of halogens is 4. The van der Waals surface area contributed by atoms with Gasteiger partial charge in [-0.2, -0.15) is 0 Å². The summed E-state index contributed by atoms with van der Waals surface area (Å²) in [6.45, 7) is 2.08. The van der Waals surface area contributed by atoms with Crippen LogP contribution in [0.4, 0.5) is 19.0 Å². The number of rotatable bonds is 7. The summed E-state index contributed by atoms with van der Waals surface area (Å²) in [5.41, 5.74) is 1.24. The molecule has 1 N–H and O–H groups in total. The van der Waals surface area contributed by atoms with Gasteiger partial charge in [0.25, 0.3) is 6.43 Å². The van der Waals surface area contributed by atoms with Crippen LogP contribution in [-0.2, 0) is 9.53 Å². The lowest BCUT2D eigenvalue weighted by atomic mass is 9.61. The number of nitrogens with one attached hydrogen (secondary N) is 1. The summed E-state index contributed by atoms with van der Waals surface area (Å²) in [4.78, 5) is 22.0. The zero-order valence-electron chi connectivity index (χ0n) is 20.3. The summed E-state index contributed by atoms with van der Waals surface area (Å²) in [5, 5.41) is 8.49. The fraction of sp³-hybridized carbons (Fsp3) is 0.440. The molecule has 0 saturated heterocycles. The standard InChI is InChI=1S/C25H24F3IN6O2S/c1-2-37-25(36)19-12-3-5-13(6-4-12)20(19)31-23-18-7-14(21(27)28)10-34(18)33-22(32-23)17-11-35(38-29)24-16(17)8-15(26)9-30-24/h7-13,19-21H,2-6H2,1H3,(H,31,32,33)/t12-,13+,19-,20-/m0/s1. The van der Waals surface area contributed by atoms with E-state index in [-0.39, 0.29) is 41.2 Å². The van der Waals surface area contributed by atoms with Crippen LogP contribution in [0.3, 0.4) is 0 Å². The molecule has 4 heterocycles. The van der Waals surface area contributed by atoms with Gasteiger partial charge in [0.05, 0.1) is 18.7 Å². The molecule has 13 heteroatoms. The van der Waals surface area contributed by atoms with Crippen LogP contribution in [0.15, 0.2) is 30.7 Å². The molecule has 4 aromatic heterocycles. The zero-order chi connectivity index (χ0) is 26.6. The smallest absolute Gasteiger partial charge is 0.311 e. The number of hydrogen-bond acceptors (Lipinski definition) is 7. The molecular weight excluding hydrogens is 632 g/mol. The van der Waals surface area contributed by atoms with E-state index in [4.69, 9.17) is 9.72 Å². The average Bonchev–Trinajstić information content (AvgIpc) is 3.51. The Labute approximate surface area is 232 Å². The van der Waals surface area contributed by atoms with Gasteiger partial charge in [-0.15, -0.1) is 5.10 Å². The van der Waals surface area contributed by atoms with Crippen molar-refractivity contribution in [3.05, 3.63) is 42.1 Å². The van der Waals surface area contributed by atoms with Gasteiger partial charge in [-0.05, 0) is 56.6 Å². The summed E-state index contributed by atoms with van der Waals surface area (Å²) in [6, 6.07) is 2.48. The van der Waals surface area contributed by atoms with Gasteiger partial charge in [0.15, 0.2) is 17.3 Å². The highest BCUT2D eigenvalue weighted by molar-refractivity contribution is 14.2. The van der Waals surface area contributed by atoms with Crippen LogP contribution >= 0.6 is 30.3 Å². The molecule has 200 valence electrons. The molecule has 3 saturated carbocycles. The van der Waals surface area contributed by atoms with Crippen LogP contribution in [0.1, 0.15) is 44.6 Å². The Morgan fingerprint density at radius 3 is 2.71 bits per heavy atom. The SMILES string of the molecule is CCOC(=O)[C@H]1[C@H]2CC[C@H](CC2)[C@@H]1Nc1nc(-c2cn(SI)c3ncc(F)cc23)nn2cc(C(F)F)cc12. The van der Waals surface area contributed by atoms with Gasteiger partial charge in [-0.3, -0.25) is 8.77 Å². The van der Waals surface area contributed by atoms with E-state index >= 15 is 0 Å². The summed E-state index contributed by atoms with van der Waals surface area (Å²) >= 11 is 2.10. The molecule has 0 aromatic carbocycles. The lowest BCUT2D eigenvalue weighted by molar-refractivity contribution is -0.154. The highest BCUT2D eigenvalue weighted by Crippen LogP contribution is 2.47. The van der Waals surface area contributed by atoms with E-state index in [1.165, 1.54) is 32.0 Å². The number of nitrogens with zero attached hydrogens (tertiary/aromatic N) is 5. The van der Waals surface area contributed by atoms with Gasteiger partial charge in [-0.25, -0.2) is 27.7 Å². The Bertz CT molecular complexity index is 1520. The Hall–Kier alpha value is -2.55. The van der Waals surface area contributed by atoms with Crippen LogP contribution in [0, 0.1) is 23.6 Å². The molecule has 3 aliphatic carbocycles. The van der Waals surface area contributed by atoms with Crippen LogP contribution in [-0.4, -0.2) is 42.2 Å². The van der Waals surface area contributed by atoms with Crippen molar-refractivity contribution >= 4 is 58.7 Å². The maximum atomic E-state index is 14.2. The van der Waals surface area contributed by atoms with Gasteiger partial charge in [-0.1, -0.05) is 0 Å². The third-order valence-corrected chi connectivity index (χ3v) is 9.41. The normalized spacial score (nSPS) is 23.0. The lowest BCUT2D eigenvalue weighted by Crippen LogP contribution is -2.52. The molecule has 0 unspecified atom stereocenters. The maximum absolute atomic E-state index is 14.2. The van der Waals surface area contributed by atoms with Crippen molar-refractivity contribution < 1.29 is 22.7 Å². The van der Waals surface area contributed by atoms with Gasteiger partial charge in [0.2, 0.25) is 0 Å². The third kappa shape index (κ3) is 4.40. The number of fused-ring (bicyclic) bond motifs is 5. The number of alkyl halides is 2. The molecule has 0 amide bonds. The van der Waals surface area contributed by atoms with Crippen molar-refractivity contribution in [3.63, 3.8) is 0 Å². The first-order valence-corrected chi connectivity index (χ1v) is 15.8. The molecule has 2 bridgehead atoms. The Balaban J connectivity index is 1.50. The van der Waals surface area contributed by atoms with Crippen LogP contribution < -0.4 is 5.32 Å². The third-order valence-electron chi connectivity index (χ3n) is 7.71. The molecule has 7 rings (SSSR count).